The molecule has 27 heavy (non-hydrogen) atoms. The van der Waals surface area contributed by atoms with E-state index in [4.69, 9.17) is 4.74 Å². The number of hydrogen-bond donors (Lipinski definition) is 2. The summed E-state index contributed by atoms with van der Waals surface area (Å²) < 4.78 is 34.7. The fourth-order valence-electron chi connectivity index (χ4n) is 3.09. The van der Waals surface area contributed by atoms with Gasteiger partial charge in [0.05, 0.1) is 18.5 Å². The zero-order valence-electron chi connectivity index (χ0n) is 16.2. The van der Waals surface area contributed by atoms with Crippen molar-refractivity contribution in [1.29, 1.82) is 0 Å². The highest BCUT2D eigenvalue weighted by Gasteiger charge is 2.29. The molecule has 0 amide bonds. The number of anilines is 1. The molecule has 0 saturated carbocycles. The monoisotopic (exact) mass is 405 g/mol. The summed E-state index contributed by atoms with van der Waals surface area (Å²) in [5.41, 5.74) is 4.54. The minimum atomic E-state index is -3.83. The summed E-state index contributed by atoms with van der Waals surface area (Å²) in [5, 5.41) is 7.30. The van der Waals surface area contributed by atoms with Crippen molar-refractivity contribution in [2.45, 2.75) is 39.5 Å². The number of aryl methyl sites for hydroxylation is 4. The van der Waals surface area contributed by atoms with Gasteiger partial charge in [0.25, 0.3) is 10.0 Å². The molecule has 0 aliphatic heterocycles. The quantitative estimate of drug-likeness (QED) is 0.655. The molecule has 6 nitrogen and oxygen atoms in total. The minimum absolute atomic E-state index is 0.267. The van der Waals surface area contributed by atoms with Gasteiger partial charge in [-0.2, -0.15) is 5.10 Å². The predicted molar refractivity (Wildman–Crippen MR) is 109 cm³/mol. The molecule has 0 fully saturated rings. The summed E-state index contributed by atoms with van der Waals surface area (Å²) in [4.78, 5) is 1.91. The second kappa shape index (κ2) is 7.01. The number of aromatic nitrogens is 2. The maximum absolute atomic E-state index is 13.3. The first-order chi connectivity index (χ1) is 12.7. The second-order valence-corrected chi connectivity index (χ2v) is 9.60. The number of nitrogens with one attached hydrogen (secondary N) is 2. The van der Waals surface area contributed by atoms with E-state index in [1.54, 1.807) is 12.1 Å². The molecule has 0 saturated heterocycles. The molecule has 144 valence electrons. The third-order valence-corrected chi connectivity index (χ3v) is 7.25. The van der Waals surface area contributed by atoms with Crippen molar-refractivity contribution in [3.05, 3.63) is 44.8 Å². The third kappa shape index (κ3) is 3.46. The number of H-pyrrole nitrogens is 1. The van der Waals surface area contributed by atoms with E-state index in [0.717, 1.165) is 26.6 Å². The predicted octanol–water partition coefficient (Wildman–Crippen LogP) is 4.49. The van der Waals surface area contributed by atoms with E-state index in [2.05, 4.69) is 14.9 Å². The van der Waals surface area contributed by atoms with Gasteiger partial charge in [0.15, 0.2) is 0 Å². The molecular formula is C19H23N3O3S2. The summed E-state index contributed by atoms with van der Waals surface area (Å²) in [7, 11) is -2.31. The Morgan fingerprint density at radius 1 is 1.11 bits per heavy atom. The molecule has 2 N–H and O–H groups in total. The lowest BCUT2D eigenvalue weighted by Gasteiger charge is -2.14. The Labute approximate surface area is 163 Å². The zero-order chi connectivity index (χ0) is 19.9. The number of benzene rings is 1. The molecule has 0 radical (unpaired) electrons. The summed E-state index contributed by atoms with van der Waals surface area (Å²) in [6.45, 7) is 9.50. The van der Waals surface area contributed by atoms with Crippen LogP contribution in [0.3, 0.4) is 0 Å². The molecule has 0 bridgehead atoms. The summed E-state index contributed by atoms with van der Waals surface area (Å²) in [6, 6.07) is 5.38. The molecule has 8 heteroatoms. The van der Waals surface area contributed by atoms with Crippen molar-refractivity contribution in [2.75, 3.05) is 11.8 Å². The van der Waals surface area contributed by atoms with Crippen LogP contribution in [0.5, 0.6) is 5.75 Å². The van der Waals surface area contributed by atoms with E-state index in [1.807, 2.05) is 40.7 Å². The first-order valence-corrected chi connectivity index (χ1v) is 10.7. The van der Waals surface area contributed by atoms with Crippen LogP contribution in [-0.4, -0.2) is 25.7 Å². The van der Waals surface area contributed by atoms with Gasteiger partial charge >= 0.3 is 0 Å². The van der Waals surface area contributed by atoms with Gasteiger partial charge in [0.1, 0.15) is 10.6 Å². The first kappa shape index (κ1) is 19.4. The van der Waals surface area contributed by atoms with Crippen molar-refractivity contribution in [1.82, 2.24) is 10.2 Å². The van der Waals surface area contributed by atoms with Crippen LogP contribution in [0.2, 0.25) is 0 Å². The van der Waals surface area contributed by atoms with Crippen molar-refractivity contribution in [3.8, 4) is 17.0 Å². The topological polar surface area (TPSA) is 84.1 Å². The van der Waals surface area contributed by atoms with Crippen LogP contribution in [0.25, 0.3) is 11.3 Å². The van der Waals surface area contributed by atoms with Crippen LogP contribution >= 0.6 is 11.3 Å². The molecule has 1 aromatic carbocycles. The van der Waals surface area contributed by atoms with Gasteiger partial charge in [-0.15, -0.1) is 11.3 Å². The molecule has 0 atom stereocenters. The Hall–Kier alpha value is -2.32. The Morgan fingerprint density at radius 3 is 2.41 bits per heavy atom. The van der Waals surface area contributed by atoms with Gasteiger partial charge in [0, 0.05) is 21.0 Å². The van der Waals surface area contributed by atoms with Gasteiger partial charge in [0.2, 0.25) is 0 Å². The highest BCUT2D eigenvalue weighted by Crippen LogP contribution is 2.41. The average Bonchev–Trinajstić information content (AvgIpc) is 3.06. The lowest BCUT2D eigenvalue weighted by Crippen LogP contribution is -2.15. The van der Waals surface area contributed by atoms with Crippen LogP contribution < -0.4 is 9.46 Å². The van der Waals surface area contributed by atoms with Crippen LogP contribution in [-0.2, 0) is 10.0 Å². The summed E-state index contributed by atoms with van der Waals surface area (Å²) in [5.74, 6) is 0.474. The van der Waals surface area contributed by atoms with E-state index in [1.165, 1.54) is 18.4 Å². The van der Waals surface area contributed by atoms with Crippen molar-refractivity contribution in [3.63, 3.8) is 0 Å². The SMILES string of the molecule is COc1ccc(C)cc1NS(=O)(=O)c1c(C)sc(C)c1-c1n[nH]c(C)c1C. The van der Waals surface area contributed by atoms with E-state index >= 15 is 0 Å². The molecule has 0 unspecified atom stereocenters. The summed E-state index contributed by atoms with van der Waals surface area (Å²) in [6.07, 6.45) is 0. The standard InChI is InChI=1S/C19H23N3O3S2/c1-10-7-8-16(25-6)15(9-10)22-27(23,24)19-14(5)26-13(4)17(19)18-11(2)12(3)20-21-18/h7-9,22H,1-6H3,(H,20,21). The van der Waals surface area contributed by atoms with Crippen LogP contribution in [0.4, 0.5) is 5.69 Å². The van der Waals surface area contributed by atoms with Crippen molar-refractivity contribution >= 4 is 27.0 Å². The molecule has 2 aromatic heterocycles. The van der Waals surface area contributed by atoms with E-state index < -0.39 is 10.0 Å². The number of rotatable bonds is 5. The Kier molecular flexibility index (Phi) is 5.05. The number of methoxy groups -OCH3 is 1. The van der Waals surface area contributed by atoms with E-state index in [-0.39, 0.29) is 4.90 Å². The first-order valence-electron chi connectivity index (χ1n) is 8.45. The van der Waals surface area contributed by atoms with Gasteiger partial charge in [-0.3, -0.25) is 9.82 Å². The maximum Gasteiger partial charge on any atom is 0.263 e. The Balaban J connectivity index is 2.17. The normalized spacial score (nSPS) is 11.6. The summed E-state index contributed by atoms with van der Waals surface area (Å²) >= 11 is 1.45. The number of hydrogen-bond acceptors (Lipinski definition) is 5. The van der Waals surface area contributed by atoms with Crippen LogP contribution in [0.1, 0.15) is 26.6 Å². The molecule has 0 aliphatic carbocycles. The molecule has 0 spiro atoms. The number of ether oxygens (including phenoxy) is 1. The van der Waals surface area contributed by atoms with E-state index in [9.17, 15) is 8.42 Å². The largest absolute Gasteiger partial charge is 0.495 e. The third-order valence-electron chi connectivity index (χ3n) is 4.56. The average molecular weight is 406 g/mol. The van der Waals surface area contributed by atoms with Gasteiger partial charge < -0.3 is 4.74 Å². The molecule has 3 rings (SSSR count). The molecule has 3 aromatic rings. The number of nitrogens with zero attached hydrogens (tertiary/aromatic N) is 1. The van der Waals surface area contributed by atoms with Gasteiger partial charge in [-0.1, -0.05) is 6.07 Å². The van der Waals surface area contributed by atoms with Gasteiger partial charge in [-0.25, -0.2) is 8.42 Å². The highest BCUT2D eigenvalue weighted by atomic mass is 32.2. The van der Waals surface area contributed by atoms with Crippen LogP contribution in [0.15, 0.2) is 23.1 Å². The fourth-order valence-corrected chi connectivity index (χ4v) is 6.01. The molecular weight excluding hydrogens is 382 g/mol. The minimum Gasteiger partial charge on any atom is -0.495 e. The highest BCUT2D eigenvalue weighted by molar-refractivity contribution is 7.93. The zero-order valence-corrected chi connectivity index (χ0v) is 17.9. The fraction of sp³-hybridized carbons (Fsp3) is 0.316. The van der Waals surface area contributed by atoms with Gasteiger partial charge in [-0.05, 0) is 57.9 Å². The molecule has 2 heterocycles. The smallest absolute Gasteiger partial charge is 0.263 e. The van der Waals surface area contributed by atoms with E-state index in [0.29, 0.717) is 22.7 Å². The number of aromatic amines is 1. The Morgan fingerprint density at radius 2 is 1.81 bits per heavy atom. The number of thiophene rings is 1. The van der Waals surface area contributed by atoms with Crippen LogP contribution in [0, 0.1) is 34.6 Å². The number of sulfonamides is 1. The lowest BCUT2D eigenvalue weighted by atomic mass is 10.1. The van der Waals surface area contributed by atoms with Crippen molar-refractivity contribution in [2.24, 2.45) is 0 Å². The maximum atomic E-state index is 13.3. The second-order valence-electron chi connectivity index (χ2n) is 6.55. The Bertz CT molecular complexity index is 1110. The lowest BCUT2D eigenvalue weighted by molar-refractivity contribution is 0.417. The van der Waals surface area contributed by atoms with Crippen molar-refractivity contribution < 1.29 is 13.2 Å². The molecule has 0 aliphatic rings.